The molecule has 0 aromatic carbocycles. The van der Waals surface area contributed by atoms with E-state index in [2.05, 4.69) is 0 Å². The Morgan fingerprint density at radius 2 is 2.11 bits per heavy atom. The second-order valence-electron chi connectivity index (χ2n) is 6.42. The number of nitrogens with two attached hydrogens (primary N) is 1. The maximum atomic E-state index is 11.8. The van der Waals surface area contributed by atoms with Crippen molar-refractivity contribution in [1.29, 1.82) is 10.5 Å². The number of furan rings is 1. The normalized spacial score (nSPS) is 23.8. The lowest BCUT2D eigenvalue weighted by Crippen LogP contribution is -2.48. The number of likely N-dealkylation sites (N-methyl/N-ethyl adjacent to an activating group) is 1. The zero-order chi connectivity index (χ0) is 20.2. The quantitative estimate of drug-likeness (QED) is 0.703. The molecule has 1 aliphatic carbocycles. The van der Waals surface area contributed by atoms with Crippen LogP contribution in [-0.2, 0) is 4.79 Å². The molecule has 1 aliphatic heterocycles. The molecular weight excluding hydrogens is 348 g/mol. The summed E-state index contributed by atoms with van der Waals surface area (Å²) in [7, 11) is 1.90. The van der Waals surface area contributed by atoms with Gasteiger partial charge in [0.1, 0.15) is 5.76 Å². The lowest BCUT2D eigenvalue weighted by atomic mass is 9.59. The number of hydrogen-bond acceptors (Lipinski definition) is 7. The second-order valence-corrected chi connectivity index (χ2v) is 6.42. The summed E-state index contributed by atoms with van der Waals surface area (Å²) in [5.41, 5.74) is 4.52. The summed E-state index contributed by atoms with van der Waals surface area (Å²) in [6.45, 7) is 3.01. The van der Waals surface area contributed by atoms with Gasteiger partial charge in [0.2, 0.25) is 0 Å². The van der Waals surface area contributed by atoms with Gasteiger partial charge in [0.25, 0.3) is 0 Å². The molecule has 0 amide bonds. The van der Waals surface area contributed by atoms with E-state index in [1.807, 2.05) is 24.1 Å². The molecule has 8 heteroatoms. The third-order valence-corrected chi connectivity index (χ3v) is 4.80. The minimum atomic E-state index is -1.79. The van der Waals surface area contributed by atoms with E-state index in [9.17, 15) is 20.4 Å². The van der Waals surface area contributed by atoms with E-state index in [0.717, 1.165) is 0 Å². The molecule has 0 radical (unpaired) electrons. The number of carboxylic acids is 1. The Morgan fingerprint density at radius 3 is 2.59 bits per heavy atom. The van der Waals surface area contributed by atoms with E-state index in [1.54, 1.807) is 25.1 Å². The van der Waals surface area contributed by atoms with Crippen LogP contribution in [0.1, 0.15) is 18.6 Å². The number of allylic oxidation sites excluding steroid dienone is 1. The van der Waals surface area contributed by atoms with Crippen molar-refractivity contribution < 1.29 is 19.4 Å². The topological polar surface area (TPSA) is 148 Å². The molecule has 2 atom stereocenters. The van der Waals surface area contributed by atoms with Crippen molar-refractivity contribution in [2.75, 3.05) is 26.7 Å². The fourth-order valence-corrected chi connectivity index (χ4v) is 3.71. The molecule has 0 unspecified atom stereocenters. The first-order chi connectivity index (χ1) is 12.9. The van der Waals surface area contributed by atoms with Gasteiger partial charge in [0.05, 0.1) is 35.6 Å². The van der Waals surface area contributed by atoms with Crippen molar-refractivity contribution in [3.8, 4) is 12.1 Å². The number of aliphatic carboxylic acids is 1. The van der Waals surface area contributed by atoms with Crippen LogP contribution in [0, 0.1) is 34.0 Å². The van der Waals surface area contributed by atoms with Gasteiger partial charge in [-0.05, 0) is 31.7 Å². The molecule has 0 spiro atoms. The van der Waals surface area contributed by atoms with Gasteiger partial charge in [0, 0.05) is 25.6 Å². The number of fused-ring (bicyclic) bond motifs is 1. The number of nitrogens with zero attached hydrogens (tertiary/aromatic N) is 3. The Labute approximate surface area is 157 Å². The molecule has 0 fully saturated rings. The fourth-order valence-electron chi connectivity index (χ4n) is 3.71. The minimum Gasteiger partial charge on any atom is -0.478 e. The highest BCUT2D eigenvalue weighted by molar-refractivity contribution is 5.94. The van der Waals surface area contributed by atoms with Gasteiger partial charge in [-0.1, -0.05) is 6.08 Å². The Bertz CT molecular complexity index is 828. The summed E-state index contributed by atoms with van der Waals surface area (Å²) in [6, 6.07) is 7.32. The van der Waals surface area contributed by atoms with Crippen LogP contribution in [0.4, 0.5) is 0 Å². The number of carboxylic acid groups (broad SMARTS) is 1. The molecule has 0 saturated heterocycles. The van der Waals surface area contributed by atoms with Crippen molar-refractivity contribution in [3.05, 3.63) is 47.1 Å². The molecule has 3 rings (SSSR count). The third-order valence-electron chi connectivity index (χ3n) is 4.80. The third kappa shape index (κ3) is 3.33. The van der Waals surface area contributed by atoms with Crippen molar-refractivity contribution in [3.63, 3.8) is 0 Å². The monoisotopic (exact) mass is 370 g/mol. The molecule has 0 saturated carbocycles. The zero-order valence-electron chi connectivity index (χ0n) is 15.2. The van der Waals surface area contributed by atoms with Crippen molar-refractivity contribution in [1.82, 2.24) is 4.90 Å². The summed E-state index contributed by atoms with van der Waals surface area (Å²) in [6.07, 6.45) is 3.27. The standard InChI is InChI=1S/C17H16N4O3.C2H6O/c1-21-5-4-10-11(7-21)14(12-3-2-6-24-12)17(8-18,9-19)15(20)13(10)16(22)23;1-2-3/h2-4,6,11,14H,5,7,20H2,1H3,(H,22,23);3H,2H2,1H3/t11-,14-;/m0./s1. The Kier molecular flexibility index (Phi) is 6.06. The zero-order valence-corrected chi connectivity index (χ0v) is 15.2. The van der Waals surface area contributed by atoms with Gasteiger partial charge in [0.15, 0.2) is 5.41 Å². The molecule has 1 aromatic heterocycles. The van der Waals surface area contributed by atoms with Crippen molar-refractivity contribution >= 4 is 5.97 Å². The summed E-state index contributed by atoms with van der Waals surface area (Å²) in [5, 5.41) is 36.8. The number of aliphatic hydroxyl groups excluding tert-OH is 1. The Balaban J connectivity index is 0.000000817. The van der Waals surface area contributed by atoms with Gasteiger partial charge < -0.3 is 25.3 Å². The first-order valence-corrected chi connectivity index (χ1v) is 8.47. The number of aliphatic hydroxyl groups is 1. The van der Waals surface area contributed by atoms with Crippen LogP contribution in [0.2, 0.25) is 0 Å². The molecular formula is C19H22N4O4. The predicted molar refractivity (Wildman–Crippen MR) is 95.8 cm³/mol. The largest absolute Gasteiger partial charge is 0.478 e. The minimum absolute atomic E-state index is 0.126. The van der Waals surface area contributed by atoms with Gasteiger partial charge in [-0.25, -0.2) is 4.79 Å². The van der Waals surface area contributed by atoms with E-state index in [1.165, 1.54) is 6.26 Å². The van der Waals surface area contributed by atoms with Crippen LogP contribution in [0.15, 0.2) is 45.7 Å². The van der Waals surface area contributed by atoms with E-state index in [0.29, 0.717) is 24.4 Å². The average molecular weight is 370 g/mol. The summed E-state index contributed by atoms with van der Waals surface area (Å²) in [5.74, 6) is -1.80. The number of nitriles is 2. The van der Waals surface area contributed by atoms with Crippen LogP contribution in [0.3, 0.4) is 0 Å². The molecule has 2 aliphatic rings. The lowest BCUT2D eigenvalue weighted by Gasteiger charge is -2.44. The second kappa shape index (κ2) is 8.09. The number of hydrogen-bond donors (Lipinski definition) is 3. The Morgan fingerprint density at radius 1 is 1.48 bits per heavy atom. The SMILES string of the molecule is CCO.CN1CC=C2C(C(=O)O)=C(N)C(C#N)(C#N)[C@H](c3ccco3)[C@H]2C1. The highest BCUT2D eigenvalue weighted by atomic mass is 16.4. The molecule has 27 heavy (non-hydrogen) atoms. The van der Waals surface area contributed by atoms with Gasteiger partial charge >= 0.3 is 5.97 Å². The molecule has 8 nitrogen and oxygen atoms in total. The van der Waals surface area contributed by atoms with Gasteiger partial charge in [-0.2, -0.15) is 10.5 Å². The van der Waals surface area contributed by atoms with E-state index < -0.39 is 17.3 Å². The molecule has 1 aromatic rings. The van der Waals surface area contributed by atoms with Gasteiger partial charge in [-0.3, -0.25) is 0 Å². The van der Waals surface area contributed by atoms with E-state index in [4.69, 9.17) is 15.3 Å². The van der Waals surface area contributed by atoms with E-state index in [-0.39, 0.29) is 23.8 Å². The predicted octanol–water partition coefficient (Wildman–Crippen LogP) is 1.19. The van der Waals surface area contributed by atoms with Crippen LogP contribution in [0.25, 0.3) is 0 Å². The fraction of sp³-hybridized carbons (Fsp3) is 0.421. The first kappa shape index (κ1) is 20.2. The lowest BCUT2D eigenvalue weighted by molar-refractivity contribution is -0.132. The molecule has 142 valence electrons. The highest BCUT2D eigenvalue weighted by Crippen LogP contribution is 2.54. The van der Waals surface area contributed by atoms with Gasteiger partial charge in [-0.15, -0.1) is 0 Å². The Hall–Kier alpha value is -3.07. The van der Waals surface area contributed by atoms with Crippen LogP contribution < -0.4 is 5.73 Å². The number of rotatable bonds is 2. The highest BCUT2D eigenvalue weighted by Gasteiger charge is 2.56. The maximum absolute atomic E-state index is 11.8. The summed E-state index contributed by atoms with van der Waals surface area (Å²) in [4.78, 5) is 13.8. The molecule has 4 N–H and O–H groups in total. The van der Waals surface area contributed by atoms with Crippen LogP contribution >= 0.6 is 0 Å². The smallest absolute Gasteiger partial charge is 0.337 e. The number of carbonyl (C=O) groups is 1. The maximum Gasteiger partial charge on any atom is 0.337 e. The summed E-state index contributed by atoms with van der Waals surface area (Å²) < 4.78 is 5.49. The first-order valence-electron chi connectivity index (χ1n) is 8.47. The van der Waals surface area contributed by atoms with Crippen LogP contribution in [0.5, 0.6) is 0 Å². The molecule has 0 bridgehead atoms. The van der Waals surface area contributed by atoms with Crippen LogP contribution in [-0.4, -0.2) is 47.8 Å². The van der Waals surface area contributed by atoms with Crippen molar-refractivity contribution in [2.24, 2.45) is 17.1 Å². The van der Waals surface area contributed by atoms with Crippen molar-refractivity contribution in [2.45, 2.75) is 12.8 Å². The van der Waals surface area contributed by atoms with E-state index >= 15 is 0 Å². The summed E-state index contributed by atoms with van der Waals surface area (Å²) >= 11 is 0. The average Bonchev–Trinajstić information content (AvgIpc) is 3.15. The molecule has 2 heterocycles.